The van der Waals surface area contributed by atoms with Crippen LogP contribution in [-0.4, -0.2) is 34.3 Å². The lowest BCUT2D eigenvalue weighted by atomic mass is 9.79. The van der Waals surface area contributed by atoms with E-state index in [-0.39, 0.29) is 22.3 Å². The molecule has 0 saturated heterocycles. The van der Waals surface area contributed by atoms with Crippen LogP contribution >= 0.6 is 45.2 Å². The Morgan fingerprint density at radius 3 is 1.20 bits per heavy atom. The van der Waals surface area contributed by atoms with Crippen LogP contribution in [0.25, 0.3) is 0 Å². The number of hydrogen-bond acceptors (Lipinski definition) is 3. The van der Waals surface area contributed by atoms with Gasteiger partial charge in [0.05, 0.1) is 13.2 Å². The summed E-state index contributed by atoms with van der Waals surface area (Å²) in [6, 6.07) is 13.4. The number of rotatable bonds is 14. The van der Waals surface area contributed by atoms with Gasteiger partial charge in [-0.05, 0) is 48.2 Å². The summed E-state index contributed by atoms with van der Waals surface area (Å²) in [7, 11) is 0. The third-order valence-corrected chi connectivity index (χ3v) is 8.13. The molecular weight excluding hydrogens is 690 g/mol. The van der Waals surface area contributed by atoms with Crippen LogP contribution in [0.3, 0.4) is 0 Å². The second kappa shape index (κ2) is 12.6. The van der Waals surface area contributed by atoms with Gasteiger partial charge in [0, 0.05) is 10.8 Å². The van der Waals surface area contributed by atoms with Crippen LogP contribution in [0.4, 0.5) is 17.6 Å². The molecule has 0 aromatic heterocycles. The topological polar surface area (TPSA) is 27.7 Å². The minimum absolute atomic E-state index is 0.122. The third-order valence-electron chi connectivity index (χ3n) is 6.35. The van der Waals surface area contributed by atoms with E-state index in [2.05, 4.69) is 27.7 Å². The van der Waals surface area contributed by atoms with Gasteiger partial charge >= 0.3 is 12.2 Å². The molecule has 0 aliphatic heterocycles. The van der Waals surface area contributed by atoms with E-state index in [4.69, 9.17) is 14.2 Å². The smallest absolute Gasteiger partial charge is 0.407 e. The minimum atomic E-state index is -3.20. The number of alkyl halides is 6. The largest absolute Gasteiger partial charge is 0.432 e. The fourth-order valence-corrected chi connectivity index (χ4v) is 3.84. The van der Waals surface area contributed by atoms with Gasteiger partial charge in [-0.15, -0.1) is 0 Å². The molecule has 2 unspecified atom stereocenters. The molecule has 3 nitrogen and oxygen atoms in total. The minimum Gasteiger partial charge on any atom is -0.432 e. The molecule has 0 aliphatic rings. The van der Waals surface area contributed by atoms with Gasteiger partial charge in [0.15, 0.2) is 0 Å². The van der Waals surface area contributed by atoms with Gasteiger partial charge in [0.25, 0.3) is 0 Å². The summed E-state index contributed by atoms with van der Waals surface area (Å²) in [5, 5.41) is 0. The summed E-state index contributed by atoms with van der Waals surface area (Å²) in [5.74, 6) is 0.244. The van der Waals surface area contributed by atoms with E-state index in [0.717, 1.165) is 24.0 Å². The maximum absolute atomic E-state index is 13.5. The van der Waals surface area contributed by atoms with Crippen LogP contribution in [0.5, 0.6) is 11.5 Å². The average Bonchev–Trinajstić information content (AvgIpc) is 2.84. The van der Waals surface area contributed by atoms with Crippen molar-refractivity contribution >= 4 is 45.2 Å². The predicted octanol–water partition coefficient (Wildman–Crippen LogP) is 8.55. The highest BCUT2D eigenvalue weighted by Gasteiger charge is 2.32. The summed E-state index contributed by atoms with van der Waals surface area (Å²) in [6.07, 6.45) is -4.83. The zero-order valence-corrected chi connectivity index (χ0v) is 24.7. The predicted molar refractivity (Wildman–Crippen MR) is 148 cm³/mol. The lowest BCUT2D eigenvalue weighted by Gasteiger charge is -2.33. The van der Waals surface area contributed by atoms with Gasteiger partial charge < -0.3 is 14.2 Å². The molecule has 0 heterocycles. The number of ether oxygens (including phenoxy) is 3. The Hall–Kier alpha value is -0.820. The molecule has 196 valence electrons. The Balaban J connectivity index is 2.06. The van der Waals surface area contributed by atoms with Gasteiger partial charge in [0.1, 0.15) is 20.4 Å². The second-order valence-corrected chi connectivity index (χ2v) is 10.6. The van der Waals surface area contributed by atoms with Gasteiger partial charge in [-0.3, -0.25) is 0 Å². The number of halogens is 6. The summed E-state index contributed by atoms with van der Waals surface area (Å²) < 4.78 is 68.9. The molecule has 0 radical (unpaired) electrons. The second-order valence-electron chi connectivity index (χ2n) is 9.12. The van der Waals surface area contributed by atoms with Gasteiger partial charge in [-0.25, -0.2) is 0 Å². The molecule has 0 spiro atoms. The van der Waals surface area contributed by atoms with Crippen molar-refractivity contribution < 1.29 is 31.8 Å². The fraction of sp³-hybridized carbons (Fsp3) is 0.538. The first-order valence-corrected chi connectivity index (χ1v) is 14.4. The monoisotopic (exact) mass is 722 g/mol. The van der Waals surface area contributed by atoms with E-state index in [9.17, 15) is 17.6 Å². The number of hydrogen-bond donors (Lipinski definition) is 0. The number of benzene rings is 2. The maximum atomic E-state index is 13.5. The quantitative estimate of drug-likeness (QED) is 0.111. The zero-order chi connectivity index (χ0) is 26.3. The summed E-state index contributed by atoms with van der Waals surface area (Å²) >= 11 is 3.18. The van der Waals surface area contributed by atoms with E-state index in [0.29, 0.717) is 13.2 Å². The van der Waals surface area contributed by atoms with Crippen LogP contribution in [0, 0.1) is 0 Å². The van der Waals surface area contributed by atoms with Gasteiger partial charge in [0.2, 0.25) is 0 Å². The summed E-state index contributed by atoms with van der Waals surface area (Å²) in [6.45, 7) is 9.14. The van der Waals surface area contributed by atoms with E-state index in [1.54, 1.807) is 93.7 Å². The van der Waals surface area contributed by atoms with Gasteiger partial charge in [-0.1, -0.05) is 97.1 Å². The Morgan fingerprint density at radius 1 is 0.629 bits per heavy atom. The first kappa shape index (κ1) is 30.4. The Labute approximate surface area is 232 Å². The molecule has 0 saturated carbocycles. The Kier molecular flexibility index (Phi) is 11.0. The normalized spacial score (nSPS) is 15.8. The Bertz CT molecular complexity index is 850. The third kappa shape index (κ3) is 8.62. The van der Waals surface area contributed by atoms with Crippen LogP contribution in [0.15, 0.2) is 48.5 Å². The molecule has 0 bridgehead atoms. The molecule has 0 fully saturated rings. The maximum Gasteiger partial charge on any atom is 0.407 e. The van der Waals surface area contributed by atoms with Crippen LogP contribution in [-0.2, 0) is 15.6 Å². The van der Waals surface area contributed by atoms with Crippen molar-refractivity contribution in [3.63, 3.8) is 0 Å². The zero-order valence-electron chi connectivity index (χ0n) is 20.4. The SMILES string of the molecule is CCC(C)(COCC(C)(CC)c1ccc(OC(F)(F)CI)cc1)c1ccc(OC(F)(F)CI)cc1. The van der Waals surface area contributed by atoms with E-state index < -0.39 is 21.1 Å². The molecule has 2 atom stereocenters. The van der Waals surface area contributed by atoms with Crippen molar-refractivity contribution in [1.82, 2.24) is 0 Å². The molecule has 2 aromatic rings. The van der Waals surface area contributed by atoms with Crippen molar-refractivity contribution in [2.75, 3.05) is 22.1 Å². The van der Waals surface area contributed by atoms with Crippen molar-refractivity contribution in [1.29, 1.82) is 0 Å². The van der Waals surface area contributed by atoms with Crippen LogP contribution in [0.2, 0.25) is 0 Å². The average molecular weight is 722 g/mol. The first-order chi connectivity index (χ1) is 16.3. The van der Waals surface area contributed by atoms with Crippen LogP contribution in [0.1, 0.15) is 51.7 Å². The molecule has 35 heavy (non-hydrogen) atoms. The van der Waals surface area contributed by atoms with E-state index in [1.807, 2.05) is 0 Å². The lowest BCUT2D eigenvalue weighted by Crippen LogP contribution is -2.33. The highest BCUT2D eigenvalue weighted by atomic mass is 127. The highest BCUT2D eigenvalue weighted by molar-refractivity contribution is 14.1. The molecule has 9 heteroatoms. The molecule has 0 amide bonds. The van der Waals surface area contributed by atoms with E-state index in [1.165, 1.54) is 0 Å². The van der Waals surface area contributed by atoms with Crippen molar-refractivity contribution in [3.05, 3.63) is 59.7 Å². The molecular formula is C26H32F4I2O3. The van der Waals surface area contributed by atoms with Crippen molar-refractivity contribution in [3.8, 4) is 11.5 Å². The summed E-state index contributed by atoms with van der Waals surface area (Å²) in [5.41, 5.74) is 1.31. The molecule has 0 aliphatic carbocycles. The standard InChI is InChI=1S/C26H32F4I2O3/c1-5-23(3,19-7-11-21(12-8-19)34-25(27,28)15-31)17-33-18-24(4,6-2)20-9-13-22(14-10-20)35-26(29,30)16-32/h7-14H,5-6,15-18H2,1-4H3. The Morgan fingerprint density at radius 2 is 0.943 bits per heavy atom. The summed E-state index contributed by atoms with van der Waals surface area (Å²) in [4.78, 5) is 0. The van der Waals surface area contributed by atoms with E-state index >= 15 is 0 Å². The van der Waals surface area contributed by atoms with Crippen molar-refractivity contribution in [2.45, 2.75) is 63.6 Å². The molecule has 0 N–H and O–H groups in total. The lowest BCUT2D eigenvalue weighted by molar-refractivity contribution is -0.152. The fourth-order valence-electron chi connectivity index (χ4n) is 3.53. The molecule has 2 aromatic carbocycles. The molecule has 2 rings (SSSR count). The van der Waals surface area contributed by atoms with Crippen molar-refractivity contribution in [2.24, 2.45) is 0 Å². The van der Waals surface area contributed by atoms with Crippen LogP contribution < -0.4 is 9.47 Å². The van der Waals surface area contributed by atoms with Gasteiger partial charge in [-0.2, -0.15) is 17.6 Å². The highest BCUT2D eigenvalue weighted by Crippen LogP contribution is 2.34. The first-order valence-electron chi connectivity index (χ1n) is 11.4.